The molecule has 2 amide bonds. The van der Waals surface area contributed by atoms with E-state index in [9.17, 15) is 22.8 Å². The van der Waals surface area contributed by atoms with E-state index in [0.717, 1.165) is 18.9 Å². The summed E-state index contributed by atoms with van der Waals surface area (Å²) in [6, 6.07) is 8.22. The molecule has 30 heavy (non-hydrogen) atoms. The average Bonchev–Trinajstić information content (AvgIpc) is 3.59. The quantitative estimate of drug-likeness (QED) is 0.825. The number of amides is 2. The molecule has 10 heteroatoms. The summed E-state index contributed by atoms with van der Waals surface area (Å²) < 4.78 is 39.6. The Morgan fingerprint density at radius 3 is 2.27 bits per heavy atom. The van der Waals surface area contributed by atoms with Crippen molar-refractivity contribution < 1.29 is 22.8 Å². The fourth-order valence-corrected chi connectivity index (χ4v) is 3.36. The van der Waals surface area contributed by atoms with Crippen molar-refractivity contribution in [1.82, 2.24) is 15.1 Å². The summed E-state index contributed by atoms with van der Waals surface area (Å²) in [5.41, 5.74) is -1.26. The van der Waals surface area contributed by atoms with Gasteiger partial charge in [0.1, 0.15) is 0 Å². The van der Waals surface area contributed by atoms with Crippen LogP contribution in [0.2, 0.25) is 0 Å². The van der Waals surface area contributed by atoms with Gasteiger partial charge in [-0.2, -0.15) is 13.2 Å². The van der Waals surface area contributed by atoms with Crippen molar-refractivity contribution in [3.8, 4) is 0 Å². The first-order valence-electron chi connectivity index (χ1n) is 9.68. The molecule has 4 rings (SSSR count). The number of nitrogens with zero attached hydrogens (tertiary/aromatic N) is 4. The van der Waals surface area contributed by atoms with E-state index in [1.54, 1.807) is 12.1 Å². The molecule has 1 aliphatic heterocycles. The van der Waals surface area contributed by atoms with Crippen LogP contribution < -0.4 is 10.2 Å². The van der Waals surface area contributed by atoms with Crippen molar-refractivity contribution in [2.75, 3.05) is 36.4 Å². The predicted octanol–water partition coefficient (Wildman–Crippen LogP) is 2.81. The van der Waals surface area contributed by atoms with Crippen LogP contribution in [0.25, 0.3) is 0 Å². The third-order valence-corrected chi connectivity index (χ3v) is 5.20. The molecule has 0 atom stereocenters. The molecule has 0 bridgehead atoms. The van der Waals surface area contributed by atoms with E-state index in [1.165, 1.54) is 23.1 Å². The molecule has 7 nitrogen and oxygen atoms in total. The van der Waals surface area contributed by atoms with Gasteiger partial charge in [-0.15, -0.1) is 10.2 Å². The van der Waals surface area contributed by atoms with Crippen LogP contribution in [0, 0.1) is 5.92 Å². The Bertz CT molecular complexity index is 936. The highest BCUT2D eigenvalue weighted by molar-refractivity contribution is 5.96. The molecule has 2 aromatic rings. The van der Waals surface area contributed by atoms with Crippen molar-refractivity contribution in [2.45, 2.75) is 19.0 Å². The third-order valence-electron chi connectivity index (χ3n) is 5.20. The summed E-state index contributed by atoms with van der Waals surface area (Å²) in [7, 11) is 0. The fraction of sp³-hybridized carbons (Fsp3) is 0.400. The van der Waals surface area contributed by atoms with E-state index in [4.69, 9.17) is 0 Å². The first-order chi connectivity index (χ1) is 14.3. The van der Waals surface area contributed by atoms with Crippen LogP contribution in [0.1, 0.15) is 28.8 Å². The Morgan fingerprint density at radius 1 is 0.967 bits per heavy atom. The second kappa shape index (κ2) is 7.92. The molecule has 1 saturated heterocycles. The van der Waals surface area contributed by atoms with Gasteiger partial charge < -0.3 is 15.1 Å². The largest absolute Gasteiger partial charge is 0.417 e. The van der Waals surface area contributed by atoms with Crippen LogP contribution in [0.4, 0.5) is 24.8 Å². The van der Waals surface area contributed by atoms with Gasteiger partial charge >= 0.3 is 6.18 Å². The van der Waals surface area contributed by atoms with Gasteiger partial charge in [-0.3, -0.25) is 9.59 Å². The maximum absolute atomic E-state index is 13.2. The minimum absolute atomic E-state index is 0.0525. The molecule has 0 radical (unpaired) electrons. The highest BCUT2D eigenvalue weighted by Crippen LogP contribution is 2.32. The lowest BCUT2D eigenvalue weighted by molar-refractivity contribution is -0.138. The number of anilines is 2. The summed E-state index contributed by atoms with van der Waals surface area (Å²) in [5.74, 6) is 0.352. The van der Waals surface area contributed by atoms with Crippen LogP contribution in [0.3, 0.4) is 0 Å². The molecule has 0 spiro atoms. The highest BCUT2D eigenvalue weighted by Gasteiger charge is 2.36. The molecule has 1 aromatic carbocycles. The lowest BCUT2D eigenvalue weighted by Gasteiger charge is -2.35. The monoisotopic (exact) mass is 419 g/mol. The molecule has 1 aliphatic carbocycles. The molecule has 2 fully saturated rings. The van der Waals surface area contributed by atoms with Gasteiger partial charge in [0.05, 0.1) is 11.1 Å². The Labute approximate surface area is 170 Å². The summed E-state index contributed by atoms with van der Waals surface area (Å²) in [6.45, 7) is 1.38. The van der Waals surface area contributed by atoms with Gasteiger partial charge in [0.25, 0.3) is 5.91 Å². The molecule has 1 aromatic heterocycles. The van der Waals surface area contributed by atoms with Gasteiger partial charge in [-0.25, -0.2) is 0 Å². The summed E-state index contributed by atoms with van der Waals surface area (Å²) >= 11 is 0. The SMILES string of the molecule is O=C(Nc1ccc(N2CCN(C(=O)c3ccccc3C(F)(F)F)CC2)nn1)C1CC1. The second-order valence-corrected chi connectivity index (χ2v) is 7.36. The van der Waals surface area contributed by atoms with Crippen LogP contribution in [0.5, 0.6) is 0 Å². The number of rotatable bonds is 4. The number of aromatic nitrogens is 2. The van der Waals surface area contributed by atoms with Crippen molar-refractivity contribution in [1.29, 1.82) is 0 Å². The van der Waals surface area contributed by atoms with Crippen molar-refractivity contribution >= 4 is 23.5 Å². The number of halogens is 3. The zero-order valence-electron chi connectivity index (χ0n) is 16.0. The fourth-order valence-electron chi connectivity index (χ4n) is 3.36. The molecule has 158 valence electrons. The minimum Gasteiger partial charge on any atom is -0.352 e. The van der Waals surface area contributed by atoms with E-state index < -0.39 is 17.6 Å². The Balaban J connectivity index is 1.37. The number of hydrogen-bond donors (Lipinski definition) is 1. The molecule has 2 heterocycles. The van der Waals surface area contributed by atoms with Crippen molar-refractivity contribution in [2.24, 2.45) is 5.92 Å². The first-order valence-corrected chi connectivity index (χ1v) is 9.68. The number of benzene rings is 1. The average molecular weight is 419 g/mol. The number of piperazine rings is 1. The van der Waals surface area contributed by atoms with Gasteiger partial charge in [0.2, 0.25) is 5.91 Å². The second-order valence-electron chi connectivity index (χ2n) is 7.36. The third kappa shape index (κ3) is 4.37. The Kier molecular flexibility index (Phi) is 5.31. The molecule has 1 N–H and O–H groups in total. The zero-order chi connectivity index (χ0) is 21.3. The van der Waals surface area contributed by atoms with E-state index in [0.29, 0.717) is 24.7 Å². The van der Waals surface area contributed by atoms with E-state index in [1.807, 2.05) is 4.90 Å². The highest BCUT2D eigenvalue weighted by atomic mass is 19.4. The maximum Gasteiger partial charge on any atom is 0.417 e. The molecular formula is C20H20F3N5O2. The molecule has 0 unspecified atom stereocenters. The van der Waals surface area contributed by atoms with E-state index >= 15 is 0 Å². The van der Waals surface area contributed by atoms with E-state index in [2.05, 4.69) is 15.5 Å². The van der Waals surface area contributed by atoms with Crippen LogP contribution in [0.15, 0.2) is 36.4 Å². The van der Waals surface area contributed by atoms with Crippen LogP contribution in [-0.2, 0) is 11.0 Å². The van der Waals surface area contributed by atoms with Crippen molar-refractivity contribution in [3.63, 3.8) is 0 Å². The van der Waals surface area contributed by atoms with Gasteiger partial charge in [0, 0.05) is 32.1 Å². The van der Waals surface area contributed by atoms with Gasteiger partial charge in [-0.05, 0) is 37.1 Å². The summed E-state index contributed by atoms with van der Waals surface area (Å²) in [6.07, 6.45) is -2.79. The number of alkyl halides is 3. The van der Waals surface area contributed by atoms with Gasteiger partial charge in [-0.1, -0.05) is 12.1 Å². The number of hydrogen-bond acceptors (Lipinski definition) is 5. The maximum atomic E-state index is 13.2. The molecular weight excluding hydrogens is 399 g/mol. The smallest absolute Gasteiger partial charge is 0.352 e. The van der Waals surface area contributed by atoms with Crippen LogP contribution >= 0.6 is 0 Å². The number of carbonyl (C=O) groups is 2. The number of nitrogens with one attached hydrogen (secondary N) is 1. The van der Waals surface area contributed by atoms with Gasteiger partial charge in [0.15, 0.2) is 11.6 Å². The summed E-state index contributed by atoms with van der Waals surface area (Å²) in [4.78, 5) is 27.7. The Morgan fingerprint density at radius 2 is 1.67 bits per heavy atom. The zero-order valence-corrected chi connectivity index (χ0v) is 16.0. The molecule has 1 saturated carbocycles. The Hall–Kier alpha value is -3.17. The van der Waals surface area contributed by atoms with Crippen LogP contribution in [-0.4, -0.2) is 53.1 Å². The minimum atomic E-state index is -4.58. The van der Waals surface area contributed by atoms with E-state index in [-0.39, 0.29) is 30.5 Å². The predicted molar refractivity (Wildman–Crippen MR) is 103 cm³/mol. The first kappa shape index (κ1) is 20.1. The normalized spacial score (nSPS) is 17.0. The lowest BCUT2D eigenvalue weighted by atomic mass is 10.1. The number of carbonyl (C=O) groups excluding carboxylic acids is 2. The summed E-state index contributed by atoms with van der Waals surface area (Å²) in [5, 5.41) is 10.8. The topological polar surface area (TPSA) is 78.4 Å². The standard InChI is InChI=1S/C20H20F3N5O2/c21-20(22,23)15-4-2-1-3-14(15)19(30)28-11-9-27(10-12-28)17-8-7-16(25-26-17)24-18(29)13-5-6-13/h1-4,7-8,13H,5-6,9-12H2,(H,24,25,29). The van der Waals surface area contributed by atoms with Crippen molar-refractivity contribution in [3.05, 3.63) is 47.5 Å². The lowest BCUT2D eigenvalue weighted by Crippen LogP contribution is -2.49. The molecule has 2 aliphatic rings.